The van der Waals surface area contributed by atoms with Crippen LogP contribution in [0.15, 0.2) is 35.7 Å². The lowest BCUT2D eigenvalue weighted by molar-refractivity contribution is -0.137. The molecule has 1 atom stereocenters. The predicted octanol–water partition coefficient (Wildman–Crippen LogP) is 2.13. The molecule has 0 saturated heterocycles. The number of hydrogen-bond acceptors (Lipinski definition) is 5. The molecule has 2 rings (SSSR count). The van der Waals surface area contributed by atoms with Gasteiger partial charge >= 0.3 is 5.97 Å². The highest BCUT2D eigenvalue weighted by Gasteiger charge is 2.14. The molecular weight excluding hydrogens is 302 g/mol. The first kappa shape index (κ1) is 16.0. The van der Waals surface area contributed by atoms with Crippen LogP contribution in [-0.4, -0.2) is 28.0 Å². The lowest BCUT2D eigenvalue weighted by Gasteiger charge is -2.17. The molecule has 22 heavy (non-hydrogen) atoms. The van der Waals surface area contributed by atoms with Crippen molar-refractivity contribution in [2.45, 2.75) is 25.3 Å². The van der Waals surface area contributed by atoms with Crippen molar-refractivity contribution < 1.29 is 14.7 Å². The van der Waals surface area contributed by atoms with E-state index >= 15 is 0 Å². The second-order valence-corrected chi connectivity index (χ2v) is 5.72. The number of hydrogen-bond donors (Lipinski definition) is 3. The van der Waals surface area contributed by atoms with Crippen LogP contribution in [0.25, 0.3) is 0 Å². The monoisotopic (exact) mass is 319 g/mol. The third-order valence-corrected chi connectivity index (χ3v) is 3.89. The Bertz CT molecular complexity index is 642. The van der Waals surface area contributed by atoms with Crippen LogP contribution >= 0.6 is 11.3 Å². The van der Waals surface area contributed by atoms with Gasteiger partial charge in [-0.3, -0.25) is 9.59 Å². The Morgan fingerprint density at radius 3 is 2.64 bits per heavy atom. The maximum Gasteiger partial charge on any atom is 0.303 e. The number of carbonyl (C=O) groups is 2. The first-order valence-corrected chi connectivity index (χ1v) is 7.70. The van der Waals surface area contributed by atoms with Crippen molar-refractivity contribution in [3.63, 3.8) is 0 Å². The first-order valence-electron chi connectivity index (χ1n) is 6.82. The minimum absolute atomic E-state index is 0.0680. The van der Waals surface area contributed by atoms with E-state index in [-0.39, 0.29) is 18.2 Å². The van der Waals surface area contributed by atoms with Gasteiger partial charge < -0.3 is 16.2 Å². The molecule has 1 heterocycles. The third kappa shape index (κ3) is 4.85. The molecule has 116 valence electrons. The molecule has 0 saturated carbocycles. The Hall–Kier alpha value is -2.41. The summed E-state index contributed by atoms with van der Waals surface area (Å²) in [4.78, 5) is 26.0. The molecule has 0 radical (unpaired) electrons. The lowest BCUT2D eigenvalue weighted by atomic mass is 10.0. The minimum atomic E-state index is -0.836. The van der Waals surface area contributed by atoms with E-state index in [9.17, 15) is 9.59 Å². The van der Waals surface area contributed by atoms with Crippen molar-refractivity contribution in [1.29, 1.82) is 0 Å². The van der Waals surface area contributed by atoms with Crippen molar-refractivity contribution in [2.75, 3.05) is 5.32 Å². The molecule has 6 nitrogen and oxygen atoms in total. The molecule has 0 bridgehead atoms. The molecule has 1 amide bonds. The molecule has 0 aliphatic carbocycles. The van der Waals surface area contributed by atoms with Crippen LogP contribution < -0.4 is 11.1 Å². The van der Waals surface area contributed by atoms with Gasteiger partial charge in [0.1, 0.15) is 5.69 Å². The third-order valence-electron chi connectivity index (χ3n) is 3.12. The highest BCUT2D eigenvalue weighted by Crippen LogP contribution is 2.19. The largest absolute Gasteiger partial charge is 0.481 e. The molecule has 1 unspecified atom stereocenters. The number of aromatic nitrogens is 1. The number of anilines is 1. The van der Waals surface area contributed by atoms with Crippen LogP contribution in [-0.2, 0) is 11.2 Å². The average molecular weight is 319 g/mol. The Labute approximate surface area is 132 Å². The van der Waals surface area contributed by atoms with Crippen molar-refractivity contribution >= 4 is 28.3 Å². The number of aliphatic carboxylic acids is 1. The van der Waals surface area contributed by atoms with Gasteiger partial charge in [-0.15, -0.1) is 11.3 Å². The zero-order chi connectivity index (χ0) is 15.9. The van der Waals surface area contributed by atoms with Crippen molar-refractivity contribution in [1.82, 2.24) is 4.98 Å². The smallest absolute Gasteiger partial charge is 0.303 e. The van der Waals surface area contributed by atoms with Gasteiger partial charge in [0, 0.05) is 17.8 Å². The molecule has 0 spiro atoms. The summed E-state index contributed by atoms with van der Waals surface area (Å²) in [7, 11) is 0. The van der Waals surface area contributed by atoms with Crippen LogP contribution in [0.4, 0.5) is 5.13 Å². The number of amides is 1. The van der Waals surface area contributed by atoms with E-state index in [1.165, 1.54) is 11.3 Å². The summed E-state index contributed by atoms with van der Waals surface area (Å²) in [5.74, 6) is -1.41. The Morgan fingerprint density at radius 2 is 2.05 bits per heavy atom. The molecule has 0 aliphatic heterocycles. The molecular formula is C15H17N3O3S. The Kier molecular flexibility index (Phi) is 5.48. The summed E-state index contributed by atoms with van der Waals surface area (Å²) < 4.78 is 0. The van der Waals surface area contributed by atoms with E-state index < -0.39 is 11.9 Å². The lowest BCUT2D eigenvalue weighted by Crippen LogP contribution is -2.23. The fourth-order valence-corrected chi connectivity index (χ4v) is 2.83. The highest BCUT2D eigenvalue weighted by atomic mass is 32.1. The summed E-state index contributed by atoms with van der Waals surface area (Å²) in [5.41, 5.74) is 6.50. The highest BCUT2D eigenvalue weighted by molar-refractivity contribution is 7.13. The standard InChI is InChI=1S/C15H17N3O3S/c16-14(21)12-9-22-15(18-12)17-11(6-7-13(19)20)8-10-4-2-1-3-5-10/h1-5,9,11H,6-8H2,(H2,16,21)(H,17,18)(H,19,20). The number of carboxylic acid groups (broad SMARTS) is 1. The average Bonchev–Trinajstić information content (AvgIpc) is 2.94. The van der Waals surface area contributed by atoms with E-state index in [1.54, 1.807) is 5.38 Å². The summed E-state index contributed by atoms with van der Waals surface area (Å²) in [6.45, 7) is 0. The molecule has 4 N–H and O–H groups in total. The van der Waals surface area contributed by atoms with Gasteiger partial charge in [0.2, 0.25) is 0 Å². The molecule has 7 heteroatoms. The summed E-state index contributed by atoms with van der Waals surface area (Å²) in [6, 6.07) is 9.72. The predicted molar refractivity (Wildman–Crippen MR) is 85.1 cm³/mol. The molecule has 1 aromatic carbocycles. The second kappa shape index (κ2) is 7.56. The second-order valence-electron chi connectivity index (χ2n) is 4.87. The molecule has 2 aromatic rings. The Morgan fingerprint density at radius 1 is 1.32 bits per heavy atom. The number of benzene rings is 1. The van der Waals surface area contributed by atoms with Crippen molar-refractivity contribution in [3.8, 4) is 0 Å². The van der Waals surface area contributed by atoms with Gasteiger partial charge in [-0.25, -0.2) is 4.98 Å². The number of carboxylic acids is 1. The van der Waals surface area contributed by atoms with Gasteiger partial charge in [-0.2, -0.15) is 0 Å². The van der Waals surface area contributed by atoms with E-state index in [4.69, 9.17) is 10.8 Å². The number of thiazole rings is 1. The van der Waals surface area contributed by atoms with Gasteiger partial charge in [0.25, 0.3) is 5.91 Å². The number of nitrogens with one attached hydrogen (secondary N) is 1. The fourth-order valence-electron chi connectivity index (χ4n) is 2.05. The van der Waals surface area contributed by atoms with Crippen molar-refractivity contribution in [2.24, 2.45) is 5.73 Å². The zero-order valence-corrected chi connectivity index (χ0v) is 12.7. The van der Waals surface area contributed by atoms with E-state index in [0.717, 1.165) is 5.56 Å². The SMILES string of the molecule is NC(=O)c1csc(NC(CCC(=O)O)Cc2ccccc2)n1. The number of carbonyl (C=O) groups excluding carboxylic acids is 1. The number of primary amides is 1. The molecule has 0 fully saturated rings. The number of nitrogens with zero attached hydrogens (tertiary/aromatic N) is 1. The van der Waals surface area contributed by atoms with Crippen LogP contribution in [0.2, 0.25) is 0 Å². The van der Waals surface area contributed by atoms with Gasteiger partial charge in [0.05, 0.1) is 0 Å². The summed E-state index contributed by atoms with van der Waals surface area (Å²) in [6.07, 6.45) is 1.22. The minimum Gasteiger partial charge on any atom is -0.481 e. The first-order chi connectivity index (χ1) is 10.5. The van der Waals surface area contributed by atoms with E-state index in [1.807, 2.05) is 30.3 Å². The summed E-state index contributed by atoms with van der Waals surface area (Å²) in [5, 5.41) is 14.2. The van der Waals surface area contributed by atoms with Crippen LogP contribution in [0.1, 0.15) is 28.9 Å². The fraction of sp³-hybridized carbons (Fsp3) is 0.267. The number of nitrogens with two attached hydrogens (primary N) is 1. The maximum absolute atomic E-state index is 11.1. The van der Waals surface area contributed by atoms with Crippen LogP contribution in [0.3, 0.4) is 0 Å². The number of rotatable bonds is 8. The molecule has 1 aromatic heterocycles. The van der Waals surface area contributed by atoms with Gasteiger partial charge in [-0.1, -0.05) is 30.3 Å². The molecule has 0 aliphatic rings. The van der Waals surface area contributed by atoms with Gasteiger partial charge in [-0.05, 0) is 18.4 Å². The zero-order valence-electron chi connectivity index (χ0n) is 11.9. The van der Waals surface area contributed by atoms with Crippen molar-refractivity contribution in [3.05, 3.63) is 47.0 Å². The quantitative estimate of drug-likeness (QED) is 0.691. The van der Waals surface area contributed by atoms with Gasteiger partial charge in [0.15, 0.2) is 5.13 Å². The van der Waals surface area contributed by atoms with E-state index in [0.29, 0.717) is 18.0 Å². The van der Waals surface area contributed by atoms with Crippen LogP contribution in [0, 0.1) is 0 Å². The van der Waals surface area contributed by atoms with E-state index in [2.05, 4.69) is 10.3 Å². The maximum atomic E-state index is 11.1. The van der Waals surface area contributed by atoms with Crippen LogP contribution in [0.5, 0.6) is 0 Å². The Balaban J connectivity index is 2.05. The topological polar surface area (TPSA) is 105 Å². The summed E-state index contributed by atoms with van der Waals surface area (Å²) >= 11 is 1.28. The normalized spacial score (nSPS) is 11.8.